The quantitative estimate of drug-likeness (QED) is 0.754. The summed E-state index contributed by atoms with van der Waals surface area (Å²) in [6.07, 6.45) is 4.02. The third kappa shape index (κ3) is 3.93. The summed E-state index contributed by atoms with van der Waals surface area (Å²) in [4.78, 5) is 0.288. The van der Waals surface area contributed by atoms with Crippen LogP contribution in [-0.2, 0) is 37.1 Å². The Morgan fingerprint density at radius 1 is 1.33 bits per heavy atom. The molecule has 2 aromatic rings. The topological polar surface area (TPSA) is 81.0 Å². The number of hydrogen-bond acceptors (Lipinski definition) is 4. The van der Waals surface area contributed by atoms with Crippen LogP contribution in [-0.4, -0.2) is 36.4 Å². The van der Waals surface area contributed by atoms with E-state index in [1.807, 2.05) is 38.0 Å². The molecule has 7 nitrogen and oxygen atoms in total. The largest absolute Gasteiger partial charge is 0.352 e. The van der Waals surface area contributed by atoms with Gasteiger partial charge in [-0.1, -0.05) is 0 Å². The van der Waals surface area contributed by atoms with Crippen molar-refractivity contribution in [3.05, 3.63) is 35.9 Å². The van der Waals surface area contributed by atoms with E-state index in [2.05, 4.69) is 15.1 Å². The molecule has 2 aromatic heterocycles. The molecule has 8 heteroatoms. The predicted octanol–water partition coefficient (Wildman–Crippen LogP) is -0.00100. The molecule has 0 bridgehead atoms. The smallest absolute Gasteiger partial charge is 0.242 e. The van der Waals surface area contributed by atoms with Gasteiger partial charge in [-0.3, -0.25) is 4.68 Å². The zero-order valence-electron chi connectivity index (χ0n) is 12.5. The Hall–Kier alpha value is -1.64. The molecule has 2 rings (SSSR count). The lowest BCUT2D eigenvalue weighted by Crippen LogP contribution is -2.25. The van der Waals surface area contributed by atoms with Gasteiger partial charge in [-0.2, -0.15) is 5.10 Å². The first kappa shape index (κ1) is 15.7. The first-order valence-electron chi connectivity index (χ1n) is 6.70. The summed E-state index contributed by atoms with van der Waals surface area (Å²) in [6, 6.07) is 3.56. The van der Waals surface area contributed by atoms with E-state index in [0.29, 0.717) is 19.5 Å². The van der Waals surface area contributed by atoms with E-state index in [0.717, 1.165) is 11.4 Å². The van der Waals surface area contributed by atoms with Gasteiger partial charge in [-0.25, -0.2) is 13.1 Å². The Bertz CT molecular complexity index is 702. The molecule has 0 fully saturated rings. The van der Waals surface area contributed by atoms with Gasteiger partial charge in [0, 0.05) is 51.7 Å². The molecule has 2 N–H and O–H groups in total. The van der Waals surface area contributed by atoms with Crippen LogP contribution in [0.3, 0.4) is 0 Å². The lowest BCUT2D eigenvalue weighted by atomic mass is 10.3. The van der Waals surface area contributed by atoms with Gasteiger partial charge in [-0.15, -0.1) is 0 Å². The summed E-state index contributed by atoms with van der Waals surface area (Å²) < 4.78 is 30.6. The molecule has 21 heavy (non-hydrogen) atoms. The van der Waals surface area contributed by atoms with Crippen LogP contribution >= 0.6 is 0 Å². The first-order valence-corrected chi connectivity index (χ1v) is 8.19. The second-order valence-corrected chi connectivity index (χ2v) is 6.70. The fraction of sp³-hybridized carbons (Fsp3) is 0.462. The van der Waals surface area contributed by atoms with Crippen LogP contribution in [0, 0.1) is 0 Å². The summed E-state index contributed by atoms with van der Waals surface area (Å²) in [5.41, 5.74) is 1.78. The van der Waals surface area contributed by atoms with Crippen molar-refractivity contribution in [2.45, 2.75) is 17.9 Å². The fourth-order valence-electron chi connectivity index (χ4n) is 2.07. The molecule has 0 amide bonds. The maximum atomic E-state index is 12.2. The molecular formula is C13H21N5O2S. The molecule has 0 saturated heterocycles. The minimum atomic E-state index is -3.48. The highest BCUT2D eigenvalue weighted by Crippen LogP contribution is 2.13. The second kappa shape index (κ2) is 6.42. The van der Waals surface area contributed by atoms with Gasteiger partial charge in [-0.05, 0) is 19.2 Å². The van der Waals surface area contributed by atoms with E-state index < -0.39 is 10.0 Å². The minimum Gasteiger partial charge on any atom is -0.352 e. The Morgan fingerprint density at radius 2 is 2.10 bits per heavy atom. The highest BCUT2D eigenvalue weighted by molar-refractivity contribution is 7.89. The number of hydrogen-bond donors (Lipinski definition) is 2. The second-order valence-electron chi connectivity index (χ2n) is 4.94. The minimum absolute atomic E-state index is 0.288. The van der Waals surface area contributed by atoms with Crippen molar-refractivity contribution in [3.63, 3.8) is 0 Å². The molecule has 0 atom stereocenters. The molecule has 0 radical (unpaired) electrons. The average molecular weight is 311 g/mol. The number of sulfonamides is 1. The monoisotopic (exact) mass is 311 g/mol. The third-order valence-corrected chi connectivity index (χ3v) is 4.62. The number of aromatic nitrogens is 3. The number of nitrogens with zero attached hydrogens (tertiary/aromatic N) is 3. The van der Waals surface area contributed by atoms with Gasteiger partial charge >= 0.3 is 0 Å². The molecule has 116 valence electrons. The SMILES string of the molecule is CNCc1cc(S(=O)(=O)NCCc2ccn(C)n2)cn1C. The molecule has 0 aliphatic heterocycles. The lowest BCUT2D eigenvalue weighted by Gasteiger charge is -2.03. The van der Waals surface area contributed by atoms with Gasteiger partial charge in [0.25, 0.3) is 0 Å². The zero-order chi connectivity index (χ0) is 15.5. The van der Waals surface area contributed by atoms with Crippen LogP contribution < -0.4 is 10.0 Å². The lowest BCUT2D eigenvalue weighted by molar-refractivity contribution is 0.581. The van der Waals surface area contributed by atoms with E-state index in [9.17, 15) is 8.42 Å². The number of aryl methyl sites for hydroxylation is 2. The van der Waals surface area contributed by atoms with Crippen molar-refractivity contribution in [3.8, 4) is 0 Å². The molecular weight excluding hydrogens is 290 g/mol. The van der Waals surface area contributed by atoms with E-state index in [4.69, 9.17) is 0 Å². The fourth-order valence-corrected chi connectivity index (χ4v) is 3.20. The average Bonchev–Trinajstić information content (AvgIpc) is 2.98. The van der Waals surface area contributed by atoms with E-state index in [-0.39, 0.29) is 4.90 Å². The van der Waals surface area contributed by atoms with E-state index >= 15 is 0 Å². The zero-order valence-corrected chi connectivity index (χ0v) is 13.3. The van der Waals surface area contributed by atoms with Crippen LogP contribution in [0.15, 0.2) is 29.4 Å². The Morgan fingerprint density at radius 3 is 2.71 bits per heavy atom. The van der Waals surface area contributed by atoms with Crippen LogP contribution in [0.4, 0.5) is 0 Å². The van der Waals surface area contributed by atoms with Crippen LogP contribution in [0.25, 0.3) is 0 Å². The first-order chi connectivity index (χ1) is 9.92. The normalized spacial score (nSPS) is 12.0. The van der Waals surface area contributed by atoms with Crippen LogP contribution in [0.1, 0.15) is 11.4 Å². The molecule has 2 heterocycles. The van der Waals surface area contributed by atoms with Gasteiger partial charge in [0.2, 0.25) is 10.0 Å². The van der Waals surface area contributed by atoms with E-state index in [1.54, 1.807) is 16.9 Å². The molecule has 0 aliphatic rings. The van der Waals surface area contributed by atoms with Crippen LogP contribution in [0.5, 0.6) is 0 Å². The highest BCUT2D eigenvalue weighted by atomic mass is 32.2. The molecule has 0 aliphatic carbocycles. The van der Waals surface area contributed by atoms with E-state index in [1.165, 1.54) is 0 Å². The Balaban J connectivity index is 1.99. The number of nitrogens with one attached hydrogen (secondary N) is 2. The summed E-state index contributed by atoms with van der Waals surface area (Å²) >= 11 is 0. The summed E-state index contributed by atoms with van der Waals surface area (Å²) in [5, 5.41) is 7.22. The summed E-state index contributed by atoms with van der Waals surface area (Å²) in [6.45, 7) is 0.954. The maximum absolute atomic E-state index is 12.2. The molecule has 0 saturated carbocycles. The number of rotatable bonds is 7. The molecule has 0 unspecified atom stereocenters. The van der Waals surface area contributed by atoms with Gasteiger partial charge in [0.05, 0.1) is 10.6 Å². The predicted molar refractivity (Wildman–Crippen MR) is 80.3 cm³/mol. The highest BCUT2D eigenvalue weighted by Gasteiger charge is 2.17. The van der Waals surface area contributed by atoms with Crippen LogP contribution in [0.2, 0.25) is 0 Å². The standard InChI is InChI=1S/C13H21N5O2S/c1-14-9-12-8-13(10-17(12)2)21(19,20)15-6-4-11-5-7-18(3)16-11/h5,7-8,10,14-15H,4,6,9H2,1-3H3. The van der Waals surface area contributed by atoms with Crippen molar-refractivity contribution in [1.82, 2.24) is 24.4 Å². The summed E-state index contributed by atoms with van der Waals surface area (Å²) in [7, 11) is 2.02. The van der Waals surface area contributed by atoms with Crippen molar-refractivity contribution in [2.24, 2.45) is 14.1 Å². The van der Waals surface area contributed by atoms with Crippen molar-refractivity contribution < 1.29 is 8.42 Å². The summed E-state index contributed by atoms with van der Waals surface area (Å²) in [5.74, 6) is 0. The maximum Gasteiger partial charge on any atom is 0.242 e. The van der Waals surface area contributed by atoms with Gasteiger partial charge < -0.3 is 9.88 Å². The van der Waals surface area contributed by atoms with Crippen molar-refractivity contribution in [2.75, 3.05) is 13.6 Å². The van der Waals surface area contributed by atoms with Gasteiger partial charge in [0.15, 0.2) is 0 Å². The van der Waals surface area contributed by atoms with Crippen molar-refractivity contribution in [1.29, 1.82) is 0 Å². The van der Waals surface area contributed by atoms with Crippen molar-refractivity contribution >= 4 is 10.0 Å². The third-order valence-electron chi connectivity index (χ3n) is 3.19. The molecule has 0 aromatic carbocycles. The Kier molecular flexibility index (Phi) is 4.81. The Labute approximate surface area is 125 Å². The molecule has 0 spiro atoms. The van der Waals surface area contributed by atoms with Gasteiger partial charge in [0.1, 0.15) is 0 Å².